The van der Waals surface area contributed by atoms with E-state index >= 15 is 0 Å². The van der Waals surface area contributed by atoms with Crippen molar-refractivity contribution in [3.8, 4) is 11.8 Å². The predicted octanol–water partition coefficient (Wildman–Crippen LogP) is 5.95. The summed E-state index contributed by atoms with van der Waals surface area (Å²) in [7, 11) is 0. The molecule has 0 spiro atoms. The molecule has 3 aromatic carbocycles. The molecule has 0 aromatic heterocycles. The number of allylic oxidation sites excluding steroid dienone is 1. The van der Waals surface area contributed by atoms with E-state index in [1.165, 1.54) is 24.3 Å². The maximum absolute atomic E-state index is 12.2. The predicted molar refractivity (Wildman–Crippen MR) is 128 cm³/mol. The van der Waals surface area contributed by atoms with Crippen LogP contribution in [-0.2, 0) is 4.79 Å². The summed E-state index contributed by atoms with van der Waals surface area (Å²) in [5, 5.41) is 23.4. The van der Waals surface area contributed by atoms with Crippen molar-refractivity contribution < 1.29 is 14.5 Å². The van der Waals surface area contributed by atoms with E-state index in [0.29, 0.717) is 22.4 Å². The van der Waals surface area contributed by atoms with E-state index in [1.807, 2.05) is 32.0 Å². The first-order valence-corrected chi connectivity index (χ1v) is 10.3. The number of hydrogen-bond donors (Lipinski definition) is 1. The Balaban J connectivity index is 1.68. The van der Waals surface area contributed by atoms with Crippen LogP contribution in [0.15, 0.2) is 60.7 Å². The second kappa shape index (κ2) is 10.4. The fraction of sp³-hybridized carbons (Fsp3) is 0.120. The highest BCUT2D eigenvalue weighted by molar-refractivity contribution is 6.32. The molecule has 0 saturated carbocycles. The summed E-state index contributed by atoms with van der Waals surface area (Å²) in [6.07, 6.45) is 1.61. The lowest BCUT2D eigenvalue weighted by molar-refractivity contribution is -0.384. The monoisotopic (exact) mass is 461 g/mol. The maximum Gasteiger partial charge on any atom is 0.269 e. The topological polar surface area (TPSA) is 105 Å². The van der Waals surface area contributed by atoms with Gasteiger partial charge in [0.1, 0.15) is 5.75 Å². The number of hydrogen-bond acceptors (Lipinski definition) is 5. The molecule has 0 aliphatic heterocycles. The van der Waals surface area contributed by atoms with Crippen molar-refractivity contribution in [2.45, 2.75) is 13.8 Å². The highest BCUT2D eigenvalue weighted by Gasteiger charge is 2.10. The number of non-ortho nitro benzene ring substituents is 1. The lowest BCUT2D eigenvalue weighted by Crippen LogP contribution is -2.20. The van der Waals surface area contributed by atoms with Gasteiger partial charge in [0.25, 0.3) is 11.6 Å². The lowest BCUT2D eigenvalue weighted by Gasteiger charge is -2.11. The van der Waals surface area contributed by atoms with Gasteiger partial charge in [0.2, 0.25) is 0 Å². The number of aryl methyl sites for hydroxylation is 2. The molecule has 0 bridgehead atoms. The van der Waals surface area contributed by atoms with Crippen LogP contribution in [-0.4, -0.2) is 17.4 Å². The number of nitrogens with one attached hydrogen (secondary N) is 1. The average molecular weight is 462 g/mol. The van der Waals surface area contributed by atoms with Crippen molar-refractivity contribution in [3.63, 3.8) is 0 Å². The molecule has 0 atom stereocenters. The molecule has 0 heterocycles. The van der Waals surface area contributed by atoms with Gasteiger partial charge in [0.15, 0.2) is 6.61 Å². The van der Waals surface area contributed by atoms with Gasteiger partial charge >= 0.3 is 0 Å². The fourth-order valence-corrected chi connectivity index (χ4v) is 3.36. The summed E-state index contributed by atoms with van der Waals surface area (Å²) in [5.41, 5.74) is 4.24. The van der Waals surface area contributed by atoms with Gasteiger partial charge in [-0.2, -0.15) is 5.26 Å². The van der Waals surface area contributed by atoms with E-state index < -0.39 is 4.92 Å². The Morgan fingerprint density at radius 3 is 2.48 bits per heavy atom. The number of nitro benzene ring substituents is 1. The van der Waals surface area contributed by atoms with E-state index in [9.17, 15) is 20.2 Å². The van der Waals surface area contributed by atoms with Crippen LogP contribution in [0.3, 0.4) is 0 Å². The molecule has 0 fully saturated rings. The third kappa shape index (κ3) is 6.19. The van der Waals surface area contributed by atoms with Crippen LogP contribution in [0.1, 0.15) is 22.3 Å². The summed E-state index contributed by atoms with van der Waals surface area (Å²) < 4.78 is 5.55. The number of nitro groups is 1. The highest BCUT2D eigenvalue weighted by atomic mass is 35.5. The molecule has 1 amide bonds. The molecule has 0 unspecified atom stereocenters. The minimum absolute atomic E-state index is 0.0536. The summed E-state index contributed by atoms with van der Waals surface area (Å²) in [6, 6.07) is 18.5. The van der Waals surface area contributed by atoms with E-state index in [1.54, 1.807) is 24.3 Å². The van der Waals surface area contributed by atoms with Gasteiger partial charge < -0.3 is 10.1 Å². The van der Waals surface area contributed by atoms with Crippen LogP contribution >= 0.6 is 11.6 Å². The maximum atomic E-state index is 12.2. The Bertz CT molecular complexity index is 1280. The standard InChI is InChI=1S/C25H20ClN3O4/c1-16-3-9-23(17(2)11-16)28-25(30)15-33-24-10-4-18(13-22(24)26)12-20(14-27)19-5-7-21(8-6-19)29(31)32/h3-13H,15H2,1-2H3,(H,28,30)/b20-12+. The number of nitrogens with zero attached hydrogens (tertiary/aromatic N) is 2. The fourth-order valence-electron chi connectivity index (χ4n) is 3.12. The van der Waals surface area contributed by atoms with Gasteiger partial charge in [-0.05, 0) is 66.9 Å². The van der Waals surface area contributed by atoms with E-state index in [2.05, 4.69) is 11.4 Å². The van der Waals surface area contributed by atoms with Crippen LogP contribution in [0.25, 0.3) is 11.6 Å². The summed E-state index contributed by atoms with van der Waals surface area (Å²) >= 11 is 6.30. The molecule has 166 valence electrons. The molecular formula is C25H20ClN3O4. The molecule has 3 aromatic rings. The zero-order valence-corrected chi connectivity index (χ0v) is 18.7. The van der Waals surface area contributed by atoms with Gasteiger partial charge in [-0.1, -0.05) is 35.4 Å². The number of halogens is 1. The molecular weight excluding hydrogens is 442 g/mol. The van der Waals surface area contributed by atoms with Crippen LogP contribution in [0, 0.1) is 35.3 Å². The first-order chi connectivity index (χ1) is 15.8. The first-order valence-electron chi connectivity index (χ1n) is 9.93. The van der Waals surface area contributed by atoms with Crippen LogP contribution in [0.5, 0.6) is 5.75 Å². The summed E-state index contributed by atoms with van der Waals surface area (Å²) in [5.74, 6) is 0.0189. The number of amides is 1. The third-order valence-corrected chi connectivity index (χ3v) is 5.09. The van der Waals surface area contributed by atoms with Crippen LogP contribution < -0.4 is 10.1 Å². The third-order valence-electron chi connectivity index (χ3n) is 4.79. The first kappa shape index (κ1) is 23.5. The number of benzene rings is 3. The molecule has 8 heteroatoms. The molecule has 7 nitrogen and oxygen atoms in total. The second-order valence-corrected chi connectivity index (χ2v) is 7.73. The van der Waals surface area contributed by atoms with Gasteiger partial charge in [0, 0.05) is 17.8 Å². The number of rotatable bonds is 7. The zero-order chi connectivity index (χ0) is 24.0. The molecule has 33 heavy (non-hydrogen) atoms. The van der Waals surface area contributed by atoms with Gasteiger partial charge in [-0.25, -0.2) is 0 Å². The van der Waals surface area contributed by atoms with Gasteiger partial charge in [0.05, 0.1) is 21.6 Å². The Labute approximate surface area is 196 Å². The smallest absolute Gasteiger partial charge is 0.269 e. The number of carbonyl (C=O) groups is 1. The average Bonchev–Trinajstić information content (AvgIpc) is 2.79. The zero-order valence-electron chi connectivity index (χ0n) is 18.0. The van der Waals surface area contributed by atoms with Crippen molar-refractivity contribution in [2.24, 2.45) is 0 Å². The van der Waals surface area contributed by atoms with E-state index in [4.69, 9.17) is 16.3 Å². The van der Waals surface area contributed by atoms with Crippen molar-refractivity contribution >= 4 is 40.5 Å². The van der Waals surface area contributed by atoms with Crippen molar-refractivity contribution in [1.82, 2.24) is 0 Å². The second-order valence-electron chi connectivity index (χ2n) is 7.32. The molecule has 1 N–H and O–H groups in total. The van der Waals surface area contributed by atoms with Crippen molar-refractivity contribution in [3.05, 3.63) is 98.1 Å². The minimum atomic E-state index is -0.500. The van der Waals surface area contributed by atoms with E-state index in [0.717, 1.165) is 16.8 Å². The van der Waals surface area contributed by atoms with Crippen LogP contribution in [0.4, 0.5) is 11.4 Å². The number of carbonyl (C=O) groups excluding carboxylic acids is 1. The Morgan fingerprint density at radius 2 is 1.88 bits per heavy atom. The van der Waals surface area contributed by atoms with Gasteiger partial charge in [-0.15, -0.1) is 0 Å². The normalized spacial score (nSPS) is 10.9. The minimum Gasteiger partial charge on any atom is -0.482 e. The quantitative estimate of drug-likeness (QED) is 0.202. The number of anilines is 1. The van der Waals surface area contributed by atoms with Crippen molar-refractivity contribution in [1.29, 1.82) is 5.26 Å². The van der Waals surface area contributed by atoms with Gasteiger partial charge in [-0.3, -0.25) is 14.9 Å². The highest BCUT2D eigenvalue weighted by Crippen LogP contribution is 2.28. The summed E-state index contributed by atoms with van der Waals surface area (Å²) in [6.45, 7) is 3.68. The molecule has 0 aliphatic carbocycles. The van der Waals surface area contributed by atoms with Crippen LogP contribution in [0.2, 0.25) is 5.02 Å². The molecule has 3 rings (SSSR count). The van der Waals surface area contributed by atoms with E-state index in [-0.39, 0.29) is 23.2 Å². The lowest BCUT2D eigenvalue weighted by atomic mass is 10.0. The number of ether oxygens (including phenoxy) is 1. The largest absolute Gasteiger partial charge is 0.482 e. The van der Waals surface area contributed by atoms with Crippen molar-refractivity contribution in [2.75, 3.05) is 11.9 Å². The molecule has 0 radical (unpaired) electrons. The number of nitriles is 1. The molecule has 0 saturated heterocycles. The Hall–Kier alpha value is -4.15. The Kier molecular flexibility index (Phi) is 7.44. The Morgan fingerprint density at radius 1 is 1.15 bits per heavy atom. The SMILES string of the molecule is Cc1ccc(NC(=O)COc2ccc(/C=C(\C#N)c3ccc([N+](=O)[O-])cc3)cc2Cl)c(C)c1. The molecule has 0 aliphatic rings. The summed E-state index contributed by atoms with van der Waals surface area (Å²) in [4.78, 5) is 22.5.